The molecule has 0 radical (unpaired) electrons. The highest BCUT2D eigenvalue weighted by Crippen LogP contribution is 2.24. The summed E-state index contributed by atoms with van der Waals surface area (Å²) in [5.74, 6) is 1.44. The number of aromatic amines is 1. The lowest BCUT2D eigenvalue weighted by molar-refractivity contribution is 0.0953. The van der Waals surface area contributed by atoms with E-state index in [0.717, 1.165) is 33.1 Å². The first-order valence-electron chi connectivity index (χ1n) is 9.80. The topological polar surface area (TPSA) is 67.0 Å². The highest BCUT2D eigenvalue weighted by Gasteiger charge is 2.12. The summed E-state index contributed by atoms with van der Waals surface area (Å²) in [7, 11) is 1.66. The van der Waals surface area contributed by atoms with Gasteiger partial charge in [0, 0.05) is 17.9 Å². The zero-order valence-corrected chi connectivity index (χ0v) is 17.5. The van der Waals surface area contributed by atoms with Gasteiger partial charge in [-0.3, -0.25) is 4.79 Å². The van der Waals surface area contributed by atoms with E-state index >= 15 is 0 Å². The molecule has 0 spiro atoms. The Bertz CT molecular complexity index is 1120. The number of rotatable bonds is 8. The van der Waals surface area contributed by atoms with Crippen LogP contribution in [0.2, 0.25) is 0 Å². The summed E-state index contributed by atoms with van der Waals surface area (Å²) in [5, 5.41) is 3.88. The molecule has 0 unspecified atom stereocenters. The molecule has 0 aliphatic rings. The van der Waals surface area contributed by atoms with Crippen LogP contribution in [-0.4, -0.2) is 29.5 Å². The molecule has 0 bridgehead atoms. The predicted octanol–water partition coefficient (Wildman–Crippen LogP) is 4.84. The zero-order chi connectivity index (χ0) is 20.8. The van der Waals surface area contributed by atoms with Crippen LogP contribution in [-0.2, 0) is 12.2 Å². The van der Waals surface area contributed by atoms with Crippen molar-refractivity contribution in [2.24, 2.45) is 0 Å². The zero-order valence-electron chi connectivity index (χ0n) is 16.7. The van der Waals surface area contributed by atoms with Gasteiger partial charge in [-0.25, -0.2) is 4.98 Å². The summed E-state index contributed by atoms with van der Waals surface area (Å²) < 4.78 is 5.38. The second kappa shape index (κ2) is 9.50. The number of ether oxygens (including phenoxy) is 1. The fourth-order valence-electron chi connectivity index (χ4n) is 3.33. The maximum absolute atomic E-state index is 12.8. The molecule has 1 heterocycles. The highest BCUT2D eigenvalue weighted by molar-refractivity contribution is 7.98. The third kappa shape index (κ3) is 4.66. The van der Waals surface area contributed by atoms with E-state index in [1.807, 2.05) is 72.8 Å². The van der Waals surface area contributed by atoms with Crippen LogP contribution in [0.4, 0.5) is 0 Å². The van der Waals surface area contributed by atoms with E-state index in [1.54, 1.807) is 18.9 Å². The van der Waals surface area contributed by atoms with Gasteiger partial charge in [-0.15, -0.1) is 0 Å². The van der Waals surface area contributed by atoms with E-state index in [4.69, 9.17) is 4.74 Å². The van der Waals surface area contributed by atoms with Crippen molar-refractivity contribution in [2.75, 3.05) is 13.7 Å². The molecule has 6 heteroatoms. The number of nitrogens with one attached hydrogen (secondary N) is 2. The van der Waals surface area contributed by atoms with Crippen molar-refractivity contribution < 1.29 is 9.53 Å². The summed E-state index contributed by atoms with van der Waals surface area (Å²) in [6.07, 6.45) is 0.714. The number of methoxy groups -OCH3 is 1. The minimum atomic E-state index is -0.0642. The summed E-state index contributed by atoms with van der Waals surface area (Å²) in [5.41, 5.74) is 4.72. The lowest BCUT2D eigenvalue weighted by Gasteiger charge is -2.11. The molecule has 2 N–H and O–H groups in total. The maximum Gasteiger partial charge on any atom is 0.251 e. The van der Waals surface area contributed by atoms with E-state index in [1.165, 1.54) is 0 Å². The normalized spacial score (nSPS) is 10.8. The van der Waals surface area contributed by atoms with Gasteiger partial charge in [0.05, 0.1) is 18.1 Å². The Balaban J connectivity index is 1.39. The van der Waals surface area contributed by atoms with Gasteiger partial charge in [0.1, 0.15) is 5.75 Å². The lowest BCUT2D eigenvalue weighted by Crippen LogP contribution is -2.26. The minimum absolute atomic E-state index is 0.0642. The average molecular weight is 418 g/mol. The molecule has 3 aromatic carbocycles. The molecule has 0 aliphatic carbocycles. The number of H-pyrrole nitrogens is 1. The highest BCUT2D eigenvalue weighted by atomic mass is 32.2. The molecule has 0 saturated carbocycles. The molecule has 4 aromatic rings. The first-order valence-corrected chi connectivity index (χ1v) is 10.8. The van der Waals surface area contributed by atoms with Crippen LogP contribution in [0.1, 0.15) is 21.5 Å². The monoisotopic (exact) mass is 417 g/mol. The Hall–Kier alpha value is -3.25. The summed E-state index contributed by atoms with van der Waals surface area (Å²) in [4.78, 5) is 20.7. The molecular weight excluding hydrogens is 394 g/mol. The Morgan fingerprint density at radius 3 is 2.57 bits per heavy atom. The number of para-hydroxylation sites is 3. The number of fused-ring (bicyclic) bond motifs is 1. The van der Waals surface area contributed by atoms with Gasteiger partial charge in [0.15, 0.2) is 5.16 Å². The van der Waals surface area contributed by atoms with Crippen molar-refractivity contribution in [1.82, 2.24) is 15.3 Å². The fourth-order valence-corrected chi connectivity index (χ4v) is 4.22. The van der Waals surface area contributed by atoms with E-state index in [2.05, 4.69) is 15.3 Å². The van der Waals surface area contributed by atoms with Crippen molar-refractivity contribution in [3.63, 3.8) is 0 Å². The predicted molar refractivity (Wildman–Crippen MR) is 121 cm³/mol. The number of carbonyl (C=O) groups is 1. The van der Waals surface area contributed by atoms with Crippen LogP contribution in [0.3, 0.4) is 0 Å². The number of hydrogen-bond acceptors (Lipinski definition) is 4. The number of benzene rings is 3. The Kier molecular flexibility index (Phi) is 6.35. The molecule has 4 rings (SSSR count). The first kappa shape index (κ1) is 20.0. The van der Waals surface area contributed by atoms with Crippen LogP contribution in [0.5, 0.6) is 5.75 Å². The molecule has 0 atom stereocenters. The Labute approximate surface area is 179 Å². The molecule has 1 aromatic heterocycles. The molecule has 0 fully saturated rings. The van der Waals surface area contributed by atoms with Gasteiger partial charge in [-0.1, -0.05) is 60.3 Å². The Morgan fingerprint density at radius 1 is 1.00 bits per heavy atom. The van der Waals surface area contributed by atoms with Gasteiger partial charge in [0.25, 0.3) is 5.91 Å². The third-order valence-electron chi connectivity index (χ3n) is 4.87. The van der Waals surface area contributed by atoms with Crippen LogP contribution < -0.4 is 10.1 Å². The molecule has 1 amide bonds. The smallest absolute Gasteiger partial charge is 0.251 e. The quantitative estimate of drug-likeness (QED) is 0.403. The number of amides is 1. The molecule has 0 saturated heterocycles. The van der Waals surface area contributed by atoms with Crippen LogP contribution >= 0.6 is 11.8 Å². The molecule has 5 nitrogen and oxygen atoms in total. The maximum atomic E-state index is 12.8. The molecular formula is C24H23N3O2S. The van der Waals surface area contributed by atoms with Crippen LogP contribution in [0.15, 0.2) is 78.0 Å². The second-order valence-corrected chi connectivity index (χ2v) is 7.79. The van der Waals surface area contributed by atoms with Crippen molar-refractivity contribution in [3.8, 4) is 5.75 Å². The first-order chi connectivity index (χ1) is 14.7. The second-order valence-electron chi connectivity index (χ2n) is 6.82. The van der Waals surface area contributed by atoms with Crippen LogP contribution in [0.25, 0.3) is 11.0 Å². The fraction of sp³-hybridized carbons (Fsp3) is 0.167. The molecule has 30 heavy (non-hydrogen) atoms. The van der Waals surface area contributed by atoms with E-state index < -0.39 is 0 Å². The number of nitrogens with zero attached hydrogens (tertiary/aromatic N) is 1. The van der Waals surface area contributed by atoms with Gasteiger partial charge in [0.2, 0.25) is 0 Å². The number of imidazole rings is 1. The van der Waals surface area contributed by atoms with Crippen molar-refractivity contribution in [3.05, 3.63) is 89.5 Å². The minimum Gasteiger partial charge on any atom is -0.496 e. The van der Waals surface area contributed by atoms with E-state index in [0.29, 0.717) is 24.3 Å². The number of thioether (sulfide) groups is 1. The number of hydrogen-bond donors (Lipinski definition) is 2. The number of aromatic nitrogens is 2. The average Bonchev–Trinajstić information content (AvgIpc) is 3.21. The summed E-state index contributed by atoms with van der Waals surface area (Å²) in [6, 6.07) is 23.5. The SMILES string of the molecule is COc1ccccc1CCNC(=O)c1ccccc1CSc1nc2ccccc2[nH]1. The molecule has 152 valence electrons. The number of carbonyl (C=O) groups excluding carboxylic acids is 1. The van der Waals surface area contributed by atoms with Gasteiger partial charge < -0.3 is 15.0 Å². The third-order valence-corrected chi connectivity index (χ3v) is 5.79. The van der Waals surface area contributed by atoms with Gasteiger partial charge in [-0.2, -0.15) is 0 Å². The standard InChI is InChI=1S/C24H23N3O2S/c1-29-22-13-7-3-8-17(22)14-15-25-23(28)19-10-4-2-9-18(19)16-30-24-26-20-11-5-6-12-21(20)27-24/h2-13H,14-16H2,1H3,(H,25,28)(H,26,27). The summed E-state index contributed by atoms with van der Waals surface area (Å²) in [6.45, 7) is 0.546. The van der Waals surface area contributed by atoms with Crippen molar-refractivity contribution in [1.29, 1.82) is 0 Å². The van der Waals surface area contributed by atoms with Crippen LogP contribution in [0, 0.1) is 0 Å². The van der Waals surface area contributed by atoms with E-state index in [-0.39, 0.29) is 5.91 Å². The van der Waals surface area contributed by atoms with Crippen molar-refractivity contribution in [2.45, 2.75) is 17.3 Å². The lowest BCUT2D eigenvalue weighted by atomic mass is 10.1. The largest absolute Gasteiger partial charge is 0.496 e. The molecule has 0 aliphatic heterocycles. The summed E-state index contributed by atoms with van der Waals surface area (Å²) >= 11 is 1.59. The van der Waals surface area contributed by atoms with E-state index in [9.17, 15) is 4.79 Å². The Morgan fingerprint density at radius 2 is 1.73 bits per heavy atom. The van der Waals surface area contributed by atoms with Gasteiger partial charge >= 0.3 is 0 Å². The van der Waals surface area contributed by atoms with Crippen molar-refractivity contribution >= 4 is 28.7 Å². The van der Waals surface area contributed by atoms with Gasteiger partial charge in [-0.05, 0) is 41.8 Å².